The van der Waals surface area contributed by atoms with Crippen LogP contribution < -0.4 is 9.62 Å². The molecule has 0 radical (unpaired) electrons. The van der Waals surface area contributed by atoms with Crippen LogP contribution in [-0.2, 0) is 26.2 Å². The lowest BCUT2D eigenvalue weighted by atomic mass is 10.1. The van der Waals surface area contributed by atoms with E-state index in [0.29, 0.717) is 22.2 Å². The summed E-state index contributed by atoms with van der Waals surface area (Å²) in [5.74, 6) is -1.08. The quantitative estimate of drug-likeness (QED) is 0.490. The van der Waals surface area contributed by atoms with E-state index in [4.69, 9.17) is 46.4 Å². The molecule has 12 heteroatoms. The van der Waals surface area contributed by atoms with Crippen molar-refractivity contribution in [2.45, 2.75) is 26.4 Å². The summed E-state index contributed by atoms with van der Waals surface area (Å²) in [6.45, 7) is 2.89. The van der Waals surface area contributed by atoms with Crippen molar-refractivity contribution in [1.29, 1.82) is 0 Å². The normalized spacial score (nSPS) is 12.2. The molecule has 1 atom stereocenters. The van der Waals surface area contributed by atoms with E-state index in [2.05, 4.69) is 5.32 Å². The van der Waals surface area contributed by atoms with E-state index >= 15 is 0 Å². The number of nitrogens with one attached hydrogen (secondary N) is 1. The van der Waals surface area contributed by atoms with Crippen LogP contribution in [0.4, 0.5) is 5.69 Å². The van der Waals surface area contributed by atoms with Crippen molar-refractivity contribution in [3.05, 3.63) is 62.1 Å². The molecule has 0 aromatic heterocycles. The van der Waals surface area contributed by atoms with Crippen molar-refractivity contribution in [2.75, 3.05) is 23.7 Å². The molecule has 180 valence electrons. The van der Waals surface area contributed by atoms with E-state index in [1.807, 2.05) is 0 Å². The smallest absolute Gasteiger partial charge is 0.244 e. The zero-order valence-corrected chi connectivity index (χ0v) is 22.0. The van der Waals surface area contributed by atoms with Crippen LogP contribution in [0, 0.1) is 0 Å². The second kappa shape index (κ2) is 11.6. The molecule has 0 heterocycles. The van der Waals surface area contributed by atoms with E-state index in [-0.39, 0.29) is 22.3 Å². The first-order chi connectivity index (χ1) is 15.4. The van der Waals surface area contributed by atoms with Gasteiger partial charge in [-0.1, -0.05) is 58.5 Å². The van der Waals surface area contributed by atoms with Crippen LogP contribution in [-0.4, -0.2) is 50.5 Å². The average molecular weight is 555 g/mol. The highest BCUT2D eigenvalue weighted by Crippen LogP contribution is 2.34. The van der Waals surface area contributed by atoms with Gasteiger partial charge < -0.3 is 10.2 Å². The fourth-order valence-corrected chi connectivity index (χ4v) is 4.86. The van der Waals surface area contributed by atoms with Gasteiger partial charge in [0, 0.05) is 28.7 Å². The molecule has 1 N–H and O–H groups in total. The van der Waals surface area contributed by atoms with Crippen LogP contribution in [0.5, 0.6) is 0 Å². The van der Waals surface area contributed by atoms with Gasteiger partial charge in [0.25, 0.3) is 0 Å². The molecular weight excluding hydrogens is 532 g/mol. The Bertz CT molecular complexity index is 1120. The van der Waals surface area contributed by atoms with E-state index in [1.165, 1.54) is 30.0 Å². The van der Waals surface area contributed by atoms with Gasteiger partial charge in [0.1, 0.15) is 12.6 Å². The fraction of sp³-hybridized carbons (Fsp3) is 0.333. The topological polar surface area (TPSA) is 86.8 Å². The van der Waals surface area contributed by atoms with Gasteiger partial charge in [-0.2, -0.15) is 0 Å². The van der Waals surface area contributed by atoms with Crippen molar-refractivity contribution in [3.8, 4) is 0 Å². The van der Waals surface area contributed by atoms with E-state index in [0.717, 1.165) is 10.6 Å². The van der Waals surface area contributed by atoms with E-state index in [9.17, 15) is 18.0 Å². The molecule has 0 aliphatic carbocycles. The number of anilines is 1. The molecule has 2 aromatic rings. The standard InChI is InChI=1S/C21H23Cl4N3O4S/c1-4-26-21(30)13(2)27(11-14-15(22)7-5-8-16(14)23)19(29)12-28(33(3,31)32)18-10-6-9-17(24)20(18)25/h5-10,13H,4,11-12H2,1-3H3,(H,26,30). The Hall–Kier alpha value is -1.71. The predicted molar refractivity (Wildman–Crippen MR) is 134 cm³/mol. The highest BCUT2D eigenvalue weighted by molar-refractivity contribution is 7.92. The minimum Gasteiger partial charge on any atom is -0.355 e. The molecule has 7 nitrogen and oxygen atoms in total. The van der Waals surface area contributed by atoms with Gasteiger partial charge in [-0.15, -0.1) is 0 Å². The Balaban J connectivity index is 2.49. The molecular formula is C21H23Cl4N3O4S. The maximum Gasteiger partial charge on any atom is 0.244 e. The predicted octanol–water partition coefficient (Wildman–Crippen LogP) is 4.62. The van der Waals surface area contributed by atoms with Crippen molar-refractivity contribution in [2.24, 2.45) is 0 Å². The number of carbonyl (C=O) groups excluding carboxylic acids is 2. The van der Waals surface area contributed by atoms with Crippen molar-refractivity contribution < 1.29 is 18.0 Å². The molecule has 0 fully saturated rings. The van der Waals surface area contributed by atoms with Crippen LogP contribution in [0.15, 0.2) is 36.4 Å². The lowest BCUT2D eigenvalue weighted by molar-refractivity contribution is -0.139. The number of likely N-dealkylation sites (N-methyl/N-ethyl adjacent to an activating group) is 1. The Kier molecular flexibility index (Phi) is 9.70. The summed E-state index contributed by atoms with van der Waals surface area (Å²) in [4.78, 5) is 27.2. The lowest BCUT2D eigenvalue weighted by Gasteiger charge is -2.32. The second-order valence-corrected chi connectivity index (χ2v) is 10.6. The maximum absolute atomic E-state index is 13.4. The van der Waals surface area contributed by atoms with Crippen LogP contribution in [0.25, 0.3) is 0 Å². The lowest BCUT2D eigenvalue weighted by Crippen LogP contribution is -2.51. The number of benzene rings is 2. The summed E-state index contributed by atoms with van der Waals surface area (Å²) in [5.41, 5.74) is 0.471. The summed E-state index contributed by atoms with van der Waals surface area (Å²) >= 11 is 24.8. The fourth-order valence-electron chi connectivity index (χ4n) is 3.04. The number of halogens is 4. The first-order valence-electron chi connectivity index (χ1n) is 9.80. The Morgan fingerprint density at radius 2 is 1.55 bits per heavy atom. The molecule has 0 saturated heterocycles. The number of nitrogens with zero attached hydrogens (tertiary/aromatic N) is 2. The third-order valence-electron chi connectivity index (χ3n) is 4.79. The Labute approximate surface area is 213 Å². The van der Waals surface area contributed by atoms with Gasteiger partial charge in [0.2, 0.25) is 21.8 Å². The second-order valence-electron chi connectivity index (χ2n) is 7.13. The molecule has 33 heavy (non-hydrogen) atoms. The molecule has 1 unspecified atom stereocenters. The van der Waals surface area contributed by atoms with Gasteiger partial charge >= 0.3 is 0 Å². The van der Waals surface area contributed by atoms with Gasteiger partial charge in [0.05, 0.1) is 22.0 Å². The molecule has 2 amide bonds. The zero-order valence-electron chi connectivity index (χ0n) is 18.1. The van der Waals surface area contributed by atoms with Gasteiger partial charge in [0.15, 0.2) is 0 Å². The molecule has 2 aromatic carbocycles. The Morgan fingerprint density at radius 1 is 1.00 bits per heavy atom. The first-order valence-corrected chi connectivity index (χ1v) is 13.2. The zero-order chi connectivity index (χ0) is 24.9. The summed E-state index contributed by atoms with van der Waals surface area (Å²) in [6, 6.07) is 8.38. The molecule has 0 aliphatic heterocycles. The third kappa shape index (κ3) is 6.90. The summed E-state index contributed by atoms with van der Waals surface area (Å²) in [6.07, 6.45) is 0.944. The highest BCUT2D eigenvalue weighted by atomic mass is 35.5. The Morgan fingerprint density at radius 3 is 2.09 bits per heavy atom. The molecule has 0 spiro atoms. The average Bonchev–Trinajstić information content (AvgIpc) is 2.73. The van der Waals surface area contributed by atoms with Crippen molar-refractivity contribution in [3.63, 3.8) is 0 Å². The number of rotatable bonds is 9. The van der Waals surface area contributed by atoms with E-state index in [1.54, 1.807) is 25.1 Å². The number of amides is 2. The molecule has 0 bridgehead atoms. The first kappa shape index (κ1) is 27.5. The van der Waals surface area contributed by atoms with Crippen LogP contribution in [0.1, 0.15) is 19.4 Å². The van der Waals surface area contributed by atoms with Gasteiger partial charge in [-0.25, -0.2) is 8.42 Å². The van der Waals surface area contributed by atoms with Gasteiger partial charge in [-0.3, -0.25) is 13.9 Å². The SMILES string of the molecule is CCNC(=O)C(C)N(Cc1c(Cl)cccc1Cl)C(=O)CN(c1cccc(Cl)c1Cl)S(C)(=O)=O. The minimum absolute atomic E-state index is 0.0186. The van der Waals surface area contributed by atoms with Crippen LogP contribution >= 0.6 is 46.4 Å². The van der Waals surface area contributed by atoms with Crippen molar-refractivity contribution in [1.82, 2.24) is 10.2 Å². The van der Waals surface area contributed by atoms with Crippen LogP contribution in [0.3, 0.4) is 0 Å². The largest absolute Gasteiger partial charge is 0.355 e. The summed E-state index contributed by atoms with van der Waals surface area (Å²) in [5, 5.41) is 3.38. The summed E-state index contributed by atoms with van der Waals surface area (Å²) in [7, 11) is -3.94. The molecule has 0 saturated carbocycles. The van der Waals surface area contributed by atoms with Crippen LogP contribution in [0.2, 0.25) is 20.1 Å². The molecule has 0 aliphatic rings. The number of hydrogen-bond donors (Lipinski definition) is 1. The summed E-state index contributed by atoms with van der Waals surface area (Å²) < 4.78 is 26.0. The number of carbonyl (C=O) groups is 2. The van der Waals surface area contributed by atoms with Gasteiger partial charge in [-0.05, 0) is 38.1 Å². The van der Waals surface area contributed by atoms with Crippen molar-refractivity contribution >= 4 is 73.9 Å². The monoisotopic (exact) mass is 553 g/mol. The third-order valence-corrected chi connectivity index (χ3v) is 7.43. The highest BCUT2D eigenvalue weighted by Gasteiger charge is 2.31. The number of sulfonamides is 1. The maximum atomic E-state index is 13.4. The molecule has 2 rings (SSSR count). The number of hydrogen-bond acceptors (Lipinski definition) is 4. The van der Waals surface area contributed by atoms with E-state index < -0.39 is 34.4 Å². The minimum atomic E-state index is -3.94.